The first kappa shape index (κ1) is 16.4. The molecule has 3 rings (SSSR count). The van der Waals surface area contributed by atoms with Gasteiger partial charge < -0.3 is 19.8 Å². The van der Waals surface area contributed by atoms with Crippen LogP contribution in [-0.2, 0) is 29.1 Å². The summed E-state index contributed by atoms with van der Waals surface area (Å²) in [6.07, 6.45) is 5.15. The zero-order valence-corrected chi connectivity index (χ0v) is 14.6. The summed E-state index contributed by atoms with van der Waals surface area (Å²) >= 11 is 0. The molecule has 0 aliphatic heterocycles. The van der Waals surface area contributed by atoms with Gasteiger partial charge in [0.15, 0.2) is 0 Å². The third-order valence-electron chi connectivity index (χ3n) is 5.08. The van der Waals surface area contributed by atoms with Gasteiger partial charge in [-0.05, 0) is 29.6 Å². The molecule has 3 aliphatic rings. The van der Waals surface area contributed by atoms with Gasteiger partial charge in [-0.15, -0.1) is 0 Å². The summed E-state index contributed by atoms with van der Waals surface area (Å²) in [6.45, 7) is 5.66. The molecule has 0 amide bonds. The first-order valence-electron chi connectivity index (χ1n) is 6.37. The molecule has 1 fully saturated rings. The van der Waals surface area contributed by atoms with Gasteiger partial charge in [0.1, 0.15) is 0 Å². The van der Waals surface area contributed by atoms with Crippen molar-refractivity contribution in [1.29, 1.82) is 0 Å². The number of carboxylic acid groups (broad SMARTS) is 2. The van der Waals surface area contributed by atoms with Gasteiger partial charge in [0.25, 0.3) is 0 Å². The zero-order valence-electron chi connectivity index (χ0n) is 11.6. The van der Waals surface area contributed by atoms with Crippen LogP contribution in [0.2, 0.25) is 0 Å². The van der Waals surface area contributed by atoms with Gasteiger partial charge in [-0.2, -0.15) is 0 Å². The van der Waals surface area contributed by atoms with Crippen LogP contribution in [0.25, 0.3) is 0 Å². The van der Waals surface area contributed by atoms with Gasteiger partial charge in [0.05, 0.1) is 0 Å². The van der Waals surface area contributed by atoms with Crippen molar-refractivity contribution in [3.8, 4) is 0 Å². The Morgan fingerprint density at radius 3 is 1.95 bits per heavy atom. The number of hydrogen-bond acceptors (Lipinski definition) is 4. The van der Waals surface area contributed by atoms with Crippen LogP contribution in [0, 0.1) is 28.6 Å². The normalized spacial score (nSPS) is 40.0. The van der Waals surface area contributed by atoms with E-state index in [-0.39, 0.29) is 25.4 Å². The van der Waals surface area contributed by atoms with Gasteiger partial charge in [-0.3, -0.25) is 0 Å². The summed E-state index contributed by atoms with van der Waals surface area (Å²) in [5.74, 6) is -4.48. The Morgan fingerprint density at radius 2 is 1.63 bits per heavy atom. The molecule has 0 aromatic heterocycles. The minimum absolute atomic E-state index is 0. The fourth-order valence-electron chi connectivity index (χ4n) is 3.81. The maximum atomic E-state index is 11.5. The molecule has 1 saturated carbocycles. The number of carboxylic acids is 2. The molecule has 5 heteroatoms. The van der Waals surface area contributed by atoms with E-state index in [1.807, 2.05) is 26.0 Å². The second-order valence-corrected chi connectivity index (χ2v) is 6.20. The van der Waals surface area contributed by atoms with Gasteiger partial charge in [0.2, 0.25) is 0 Å². The molecule has 0 spiro atoms. The number of aliphatic carboxylic acids is 2. The summed E-state index contributed by atoms with van der Waals surface area (Å²) < 4.78 is 0. The van der Waals surface area contributed by atoms with E-state index in [0.29, 0.717) is 12.8 Å². The SMILES string of the molecule is CC(C)C12C=CC(C)(CC1)C(C(=O)[O-])C2C(=O)[O-].[Zn+2]. The Kier molecular flexibility index (Phi) is 4.31. The third kappa shape index (κ3) is 2.16. The van der Waals surface area contributed by atoms with Crippen molar-refractivity contribution in [3.05, 3.63) is 12.2 Å². The van der Waals surface area contributed by atoms with Gasteiger partial charge >= 0.3 is 19.5 Å². The molecular formula is C14H18O4Zn. The van der Waals surface area contributed by atoms with Crippen LogP contribution in [0.3, 0.4) is 0 Å². The van der Waals surface area contributed by atoms with E-state index in [1.54, 1.807) is 6.92 Å². The van der Waals surface area contributed by atoms with Crippen molar-refractivity contribution in [3.63, 3.8) is 0 Å². The molecule has 0 aromatic rings. The summed E-state index contributed by atoms with van der Waals surface area (Å²) in [6, 6.07) is 0. The van der Waals surface area contributed by atoms with E-state index in [2.05, 4.69) is 0 Å². The topological polar surface area (TPSA) is 80.3 Å². The Hall–Kier alpha value is -0.697. The van der Waals surface area contributed by atoms with Crippen molar-refractivity contribution in [2.75, 3.05) is 0 Å². The van der Waals surface area contributed by atoms with Crippen molar-refractivity contribution in [1.82, 2.24) is 0 Å². The second kappa shape index (κ2) is 5.01. The minimum atomic E-state index is -1.28. The number of allylic oxidation sites excluding steroid dienone is 2. The maximum Gasteiger partial charge on any atom is 2.00 e. The Labute approximate surface area is 126 Å². The van der Waals surface area contributed by atoms with E-state index in [4.69, 9.17) is 0 Å². The minimum Gasteiger partial charge on any atom is -0.550 e. The van der Waals surface area contributed by atoms with Gasteiger partial charge in [-0.1, -0.05) is 32.9 Å². The Balaban J connectivity index is 0.00000180. The molecule has 19 heavy (non-hydrogen) atoms. The van der Waals surface area contributed by atoms with Crippen molar-refractivity contribution < 1.29 is 39.3 Å². The van der Waals surface area contributed by atoms with Gasteiger partial charge in [0, 0.05) is 23.8 Å². The van der Waals surface area contributed by atoms with E-state index >= 15 is 0 Å². The Morgan fingerprint density at radius 1 is 1.11 bits per heavy atom. The quantitative estimate of drug-likeness (QED) is 0.530. The molecule has 0 heterocycles. The molecule has 4 atom stereocenters. The summed E-state index contributed by atoms with van der Waals surface area (Å²) in [5, 5.41) is 22.9. The van der Waals surface area contributed by atoms with Crippen LogP contribution in [0.15, 0.2) is 12.2 Å². The predicted octanol–water partition coefficient (Wildman–Crippen LogP) is -0.272. The van der Waals surface area contributed by atoms with E-state index in [9.17, 15) is 19.8 Å². The van der Waals surface area contributed by atoms with Crippen molar-refractivity contribution in [2.45, 2.75) is 33.6 Å². The maximum absolute atomic E-state index is 11.5. The molecule has 0 saturated heterocycles. The van der Waals surface area contributed by atoms with Crippen LogP contribution < -0.4 is 10.2 Å². The monoisotopic (exact) mass is 314 g/mol. The Bertz CT molecular complexity index is 431. The fourth-order valence-corrected chi connectivity index (χ4v) is 3.81. The van der Waals surface area contributed by atoms with Crippen LogP contribution in [-0.4, -0.2) is 11.9 Å². The molecule has 0 aromatic carbocycles. The smallest absolute Gasteiger partial charge is 0.550 e. The van der Waals surface area contributed by atoms with Crippen molar-refractivity contribution in [2.24, 2.45) is 28.6 Å². The van der Waals surface area contributed by atoms with Crippen LogP contribution in [0.1, 0.15) is 33.6 Å². The molecule has 4 nitrogen and oxygen atoms in total. The molecule has 100 valence electrons. The summed E-state index contributed by atoms with van der Waals surface area (Å²) in [4.78, 5) is 22.9. The summed E-state index contributed by atoms with van der Waals surface area (Å²) in [5.41, 5.74) is -1.23. The van der Waals surface area contributed by atoms with Gasteiger partial charge in [-0.25, -0.2) is 0 Å². The van der Waals surface area contributed by atoms with E-state index < -0.39 is 34.6 Å². The average Bonchev–Trinajstić information content (AvgIpc) is 2.27. The standard InChI is InChI=1S/C14H20O4.Zn/c1-8(2)14-6-4-13(3,5-7-14)9(11(15)16)10(14)12(17)18;/h4,6,8-10H,5,7H2,1-3H3,(H,15,16)(H,17,18);/q;+2/p-2. The number of hydrogen-bond donors (Lipinski definition) is 0. The van der Waals surface area contributed by atoms with Crippen molar-refractivity contribution >= 4 is 11.9 Å². The number of rotatable bonds is 3. The average molecular weight is 316 g/mol. The largest absolute Gasteiger partial charge is 2.00 e. The number of fused-ring (bicyclic) bond motifs is 2. The third-order valence-corrected chi connectivity index (χ3v) is 5.08. The summed E-state index contributed by atoms with van der Waals surface area (Å²) in [7, 11) is 0. The van der Waals surface area contributed by atoms with E-state index in [1.165, 1.54) is 0 Å². The molecule has 0 N–H and O–H groups in total. The van der Waals surface area contributed by atoms with Crippen LogP contribution in [0.5, 0.6) is 0 Å². The molecule has 4 unspecified atom stereocenters. The molecule has 2 bridgehead atoms. The van der Waals surface area contributed by atoms with Crippen LogP contribution in [0.4, 0.5) is 0 Å². The zero-order chi connectivity index (χ0) is 13.7. The first-order valence-corrected chi connectivity index (χ1v) is 6.37. The second-order valence-electron chi connectivity index (χ2n) is 6.20. The van der Waals surface area contributed by atoms with E-state index in [0.717, 1.165) is 0 Å². The number of carbonyl (C=O) groups is 2. The fraction of sp³-hybridized carbons (Fsp3) is 0.714. The first-order chi connectivity index (χ1) is 8.24. The molecular weight excluding hydrogens is 298 g/mol. The molecule has 3 aliphatic carbocycles. The predicted molar refractivity (Wildman–Crippen MR) is 60.7 cm³/mol. The molecule has 0 radical (unpaired) electrons. The number of carbonyl (C=O) groups excluding carboxylic acids is 2. The van der Waals surface area contributed by atoms with Crippen LogP contribution >= 0.6 is 0 Å².